The van der Waals surface area contributed by atoms with Crippen molar-refractivity contribution in [3.63, 3.8) is 0 Å². The summed E-state index contributed by atoms with van der Waals surface area (Å²) in [4.78, 5) is 22.7. The van der Waals surface area contributed by atoms with Crippen LogP contribution in [0.3, 0.4) is 0 Å². The molecule has 0 unspecified atom stereocenters. The lowest BCUT2D eigenvalue weighted by molar-refractivity contribution is -0.139. The minimum Gasteiger partial charge on any atom is -0.480 e. The number of aliphatic hydroxyl groups excluding tert-OH is 1. The summed E-state index contributed by atoms with van der Waals surface area (Å²) in [5.41, 5.74) is 0.242. The molecule has 0 fully saturated rings. The number of hydrogen-bond donors (Lipinski definition) is 3. The molecule has 1 aromatic carbocycles. The van der Waals surface area contributed by atoms with E-state index in [1.54, 1.807) is 12.1 Å². The van der Waals surface area contributed by atoms with E-state index in [1.165, 1.54) is 6.07 Å². The van der Waals surface area contributed by atoms with Gasteiger partial charge >= 0.3 is 5.97 Å². The third-order valence-electron chi connectivity index (χ3n) is 2.19. The highest BCUT2D eigenvalue weighted by molar-refractivity contribution is 9.10. The molecule has 0 spiro atoms. The molecule has 0 bridgehead atoms. The van der Waals surface area contributed by atoms with Gasteiger partial charge in [0, 0.05) is 22.5 Å². The lowest BCUT2D eigenvalue weighted by Crippen LogP contribution is -2.41. The van der Waals surface area contributed by atoms with Crippen molar-refractivity contribution in [2.45, 2.75) is 12.5 Å². The molecule has 1 aromatic rings. The molecule has 0 aromatic heterocycles. The van der Waals surface area contributed by atoms with Gasteiger partial charge in [0.15, 0.2) is 0 Å². The zero-order chi connectivity index (χ0) is 13.7. The minimum absolute atomic E-state index is 0.0563. The summed E-state index contributed by atoms with van der Waals surface area (Å²) >= 11 is 8.94. The molecule has 0 radical (unpaired) electrons. The van der Waals surface area contributed by atoms with E-state index in [1.807, 2.05) is 0 Å². The molecule has 18 heavy (non-hydrogen) atoms. The van der Waals surface area contributed by atoms with Crippen LogP contribution < -0.4 is 5.32 Å². The van der Waals surface area contributed by atoms with E-state index in [4.69, 9.17) is 21.8 Å². The van der Waals surface area contributed by atoms with Gasteiger partial charge in [-0.2, -0.15) is 0 Å². The first-order valence-electron chi connectivity index (χ1n) is 5.05. The number of benzene rings is 1. The highest BCUT2D eigenvalue weighted by Gasteiger charge is 2.21. The predicted octanol–water partition coefficient (Wildman–Crippen LogP) is 1.67. The van der Waals surface area contributed by atoms with Gasteiger partial charge in [-0.05, 0) is 34.1 Å². The Morgan fingerprint density at radius 2 is 2.11 bits per heavy atom. The molecule has 0 aliphatic carbocycles. The van der Waals surface area contributed by atoms with E-state index in [0.717, 1.165) is 0 Å². The maximum atomic E-state index is 11.9. The van der Waals surface area contributed by atoms with Gasteiger partial charge in [0.2, 0.25) is 0 Å². The molecule has 0 saturated heterocycles. The molecule has 0 aliphatic rings. The van der Waals surface area contributed by atoms with E-state index < -0.39 is 17.9 Å². The fourth-order valence-corrected chi connectivity index (χ4v) is 1.89. The first kappa shape index (κ1) is 14.9. The number of carboxylic acid groups (broad SMARTS) is 1. The van der Waals surface area contributed by atoms with Crippen molar-refractivity contribution in [1.29, 1.82) is 0 Å². The Hall–Kier alpha value is -1.11. The summed E-state index contributed by atoms with van der Waals surface area (Å²) in [6.07, 6.45) is -0.0563. The zero-order valence-electron chi connectivity index (χ0n) is 9.19. The highest BCUT2D eigenvalue weighted by atomic mass is 79.9. The van der Waals surface area contributed by atoms with E-state index in [2.05, 4.69) is 21.2 Å². The number of carbonyl (C=O) groups excluding carboxylic acids is 1. The van der Waals surface area contributed by atoms with E-state index in [0.29, 0.717) is 9.50 Å². The van der Waals surface area contributed by atoms with Crippen molar-refractivity contribution in [2.75, 3.05) is 6.61 Å². The SMILES string of the molecule is O=C(N[C@@H](CCO)C(=O)O)c1cc(Cl)ccc1Br. The largest absolute Gasteiger partial charge is 0.480 e. The number of halogens is 2. The summed E-state index contributed by atoms with van der Waals surface area (Å²) < 4.78 is 0.512. The molecule has 0 heterocycles. The number of nitrogens with one attached hydrogen (secondary N) is 1. The van der Waals surface area contributed by atoms with Crippen LogP contribution in [0.25, 0.3) is 0 Å². The number of aliphatic hydroxyl groups is 1. The summed E-state index contributed by atoms with van der Waals surface area (Å²) in [6.45, 7) is -0.325. The van der Waals surface area contributed by atoms with Crippen molar-refractivity contribution in [3.05, 3.63) is 33.3 Å². The quantitative estimate of drug-likeness (QED) is 0.763. The van der Waals surface area contributed by atoms with Crippen molar-refractivity contribution < 1.29 is 19.8 Å². The monoisotopic (exact) mass is 335 g/mol. The second kappa shape index (κ2) is 6.72. The Morgan fingerprint density at radius 1 is 1.44 bits per heavy atom. The van der Waals surface area contributed by atoms with Gasteiger partial charge in [0.25, 0.3) is 5.91 Å². The third-order valence-corrected chi connectivity index (χ3v) is 3.12. The number of amides is 1. The van der Waals surface area contributed by atoms with Crippen molar-refractivity contribution in [2.24, 2.45) is 0 Å². The number of carbonyl (C=O) groups is 2. The van der Waals surface area contributed by atoms with Crippen LogP contribution in [0, 0.1) is 0 Å². The standard InChI is InChI=1S/C11H11BrClNO4/c12-8-2-1-6(13)5-7(8)10(16)14-9(3-4-15)11(17)18/h1-2,5,9,15H,3-4H2,(H,14,16)(H,17,18)/t9-/m0/s1. The molecule has 98 valence electrons. The summed E-state index contributed by atoms with van der Waals surface area (Å²) in [5, 5.41) is 20.3. The molecular formula is C11H11BrClNO4. The van der Waals surface area contributed by atoms with Crippen molar-refractivity contribution in [3.8, 4) is 0 Å². The van der Waals surface area contributed by atoms with E-state index in [9.17, 15) is 9.59 Å². The van der Waals surface area contributed by atoms with Crippen LogP contribution in [0.1, 0.15) is 16.8 Å². The first-order chi connectivity index (χ1) is 8.45. The van der Waals surface area contributed by atoms with Gasteiger partial charge in [-0.25, -0.2) is 4.79 Å². The molecule has 0 aliphatic heterocycles. The summed E-state index contributed by atoms with van der Waals surface area (Å²) in [5.74, 6) is -1.76. The Balaban J connectivity index is 2.86. The first-order valence-corrected chi connectivity index (χ1v) is 6.22. The van der Waals surface area contributed by atoms with Gasteiger partial charge in [0.05, 0.1) is 5.56 Å². The minimum atomic E-state index is -1.20. The number of carboxylic acids is 1. The van der Waals surface area contributed by atoms with Crippen LogP contribution in [-0.2, 0) is 4.79 Å². The van der Waals surface area contributed by atoms with Crippen LogP contribution in [0.5, 0.6) is 0 Å². The molecule has 0 saturated carbocycles. The summed E-state index contributed by atoms with van der Waals surface area (Å²) in [7, 11) is 0. The molecule has 7 heteroatoms. The average Bonchev–Trinajstić information content (AvgIpc) is 2.31. The Kier molecular flexibility index (Phi) is 5.58. The summed E-state index contributed by atoms with van der Waals surface area (Å²) in [6, 6.07) is 3.50. The Morgan fingerprint density at radius 3 is 2.67 bits per heavy atom. The molecule has 1 rings (SSSR count). The highest BCUT2D eigenvalue weighted by Crippen LogP contribution is 2.21. The van der Waals surface area contributed by atoms with E-state index in [-0.39, 0.29) is 18.6 Å². The van der Waals surface area contributed by atoms with Crippen LogP contribution in [0.4, 0.5) is 0 Å². The second-order valence-corrected chi connectivity index (χ2v) is 4.79. The number of rotatable bonds is 5. The van der Waals surface area contributed by atoms with Gasteiger partial charge in [0.1, 0.15) is 6.04 Å². The topological polar surface area (TPSA) is 86.6 Å². The molecule has 3 N–H and O–H groups in total. The van der Waals surface area contributed by atoms with Crippen LogP contribution in [-0.4, -0.2) is 34.7 Å². The molecule has 5 nitrogen and oxygen atoms in total. The van der Waals surface area contributed by atoms with Crippen LogP contribution >= 0.6 is 27.5 Å². The molecule has 1 atom stereocenters. The number of hydrogen-bond acceptors (Lipinski definition) is 3. The van der Waals surface area contributed by atoms with Gasteiger partial charge in [-0.3, -0.25) is 4.79 Å². The lowest BCUT2D eigenvalue weighted by atomic mass is 10.1. The van der Waals surface area contributed by atoms with E-state index >= 15 is 0 Å². The molecule has 1 amide bonds. The Bertz CT molecular complexity index is 466. The van der Waals surface area contributed by atoms with Crippen molar-refractivity contribution >= 4 is 39.4 Å². The Labute approximate surface area is 117 Å². The van der Waals surface area contributed by atoms with Crippen molar-refractivity contribution in [1.82, 2.24) is 5.32 Å². The average molecular weight is 337 g/mol. The van der Waals surface area contributed by atoms with Crippen LogP contribution in [0.2, 0.25) is 5.02 Å². The predicted molar refractivity (Wildman–Crippen MR) is 69.7 cm³/mol. The maximum absolute atomic E-state index is 11.9. The number of aliphatic carboxylic acids is 1. The second-order valence-electron chi connectivity index (χ2n) is 3.50. The van der Waals surface area contributed by atoms with Crippen LogP contribution in [0.15, 0.2) is 22.7 Å². The zero-order valence-corrected chi connectivity index (χ0v) is 11.5. The normalized spacial score (nSPS) is 11.9. The smallest absolute Gasteiger partial charge is 0.326 e. The lowest BCUT2D eigenvalue weighted by Gasteiger charge is -2.14. The third kappa shape index (κ3) is 3.97. The molecular weight excluding hydrogens is 325 g/mol. The maximum Gasteiger partial charge on any atom is 0.326 e. The van der Waals surface area contributed by atoms with Gasteiger partial charge < -0.3 is 15.5 Å². The van der Waals surface area contributed by atoms with Gasteiger partial charge in [-0.1, -0.05) is 11.6 Å². The fraction of sp³-hybridized carbons (Fsp3) is 0.273. The van der Waals surface area contributed by atoms with Gasteiger partial charge in [-0.15, -0.1) is 0 Å². The fourth-order valence-electron chi connectivity index (χ4n) is 1.29.